The van der Waals surface area contributed by atoms with Crippen LogP contribution in [0.5, 0.6) is 0 Å². The quantitative estimate of drug-likeness (QED) is 0.385. The Bertz CT molecular complexity index is 1270. The van der Waals surface area contributed by atoms with Crippen LogP contribution in [-0.4, -0.2) is 0 Å². The van der Waals surface area contributed by atoms with E-state index in [1.54, 1.807) is 6.07 Å². The normalized spacial score (nSPS) is 25.6. The van der Waals surface area contributed by atoms with E-state index in [-0.39, 0.29) is 22.6 Å². The molecule has 1 nitrogen and oxygen atoms in total. The molecule has 2 unspecified atom stereocenters. The molecule has 0 radical (unpaired) electrons. The van der Waals surface area contributed by atoms with Crippen molar-refractivity contribution in [3.63, 3.8) is 0 Å². The van der Waals surface area contributed by atoms with Gasteiger partial charge in [-0.05, 0) is 41.5 Å². The number of pyridine rings is 1. The lowest BCUT2D eigenvalue weighted by molar-refractivity contribution is -0.752. The van der Waals surface area contributed by atoms with Crippen LogP contribution in [0, 0.1) is 18.6 Å². The number of aryl methyl sites for hydroxylation is 1. The highest BCUT2D eigenvalue weighted by Crippen LogP contribution is 2.55. The van der Waals surface area contributed by atoms with Crippen LogP contribution in [-0.2, 0) is 16.4 Å². The van der Waals surface area contributed by atoms with Crippen LogP contribution in [0.25, 0.3) is 22.0 Å². The van der Waals surface area contributed by atoms with Gasteiger partial charge in [0.05, 0.1) is 10.9 Å². The molecule has 1 aliphatic heterocycles. The maximum atomic E-state index is 15.6. The third-order valence-corrected chi connectivity index (χ3v) is 8.58. The van der Waals surface area contributed by atoms with E-state index in [0.717, 1.165) is 47.0 Å². The zero-order chi connectivity index (χ0) is 22.5. The largest absolute Gasteiger partial charge is 0.221 e. The molecule has 2 aliphatic rings. The topological polar surface area (TPSA) is 3.88 Å². The average molecular weight is 421 g/mol. The van der Waals surface area contributed by atoms with Crippen molar-refractivity contribution in [2.75, 3.05) is 0 Å². The van der Waals surface area contributed by atoms with E-state index >= 15 is 8.78 Å². The third-order valence-electron chi connectivity index (χ3n) is 8.58. The highest BCUT2D eigenvalue weighted by atomic mass is 19.1. The highest BCUT2D eigenvalue weighted by Gasteiger charge is 2.52. The van der Waals surface area contributed by atoms with E-state index < -0.39 is 5.41 Å². The lowest BCUT2D eigenvalue weighted by Crippen LogP contribution is -2.56. The van der Waals surface area contributed by atoms with Crippen LogP contribution >= 0.6 is 0 Å². The summed E-state index contributed by atoms with van der Waals surface area (Å²) in [5.74, 6) is -0.335. The predicted molar refractivity (Wildman–Crippen MR) is 123 cm³/mol. The van der Waals surface area contributed by atoms with Crippen LogP contribution < -0.4 is 4.57 Å². The molecular formula is C28H32F2N+. The van der Waals surface area contributed by atoms with Gasteiger partial charge < -0.3 is 0 Å². The lowest BCUT2D eigenvalue weighted by Gasteiger charge is -2.36. The van der Waals surface area contributed by atoms with Crippen molar-refractivity contribution in [1.29, 1.82) is 0 Å². The molecular weight excluding hydrogens is 388 g/mol. The van der Waals surface area contributed by atoms with Crippen molar-refractivity contribution in [2.45, 2.75) is 84.1 Å². The summed E-state index contributed by atoms with van der Waals surface area (Å²) in [5.41, 5.74) is 4.77. The van der Waals surface area contributed by atoms with E-state index in [1.807, 2.05) is 31.3 Å². The van der Waals surface area contributed by atoms with Crippen molar-refractivity contribution < 1.29 is 13.3 Å². The second-order valence-corrected chi connectivity index (χ2v) is 10.8. The van der Waals surface area contributed by atoms with Gasteiger partial charge in [0.2, 0.25) is 5.69 Å². The van der Waals surface area contributed by atoms with Crippen LogP contribution in [0.2, 0.25) is 0 Å². The predicted octanol–water partition coefficient (Wildman–Crippen LogP) is 7.22. The Morgan fingerprint density at radius 2 is 1.68 bits per heavy atom. The fourth-order valence-electron chi connectivity index (χ4n) is 6.47. The number of nitrogens with zero attached hydrogens (tertiary/aromatic N) is 1. The van der Waals surface area contributed by atoms with Gasteiger partial charge >= 0.3 is 0 Å². The maximum absolute atomic E-state index is 15.6. The average Bonchev–Trinajstić information content (AvgIpc) is 2.81. The van der Waals surface area contributed by atoms with Crippen molar-refractivity contribution >= 4 is 10.8 Å². The summed E-state index contributed by atoms with van der Waals surface area (Å²) in [7, 11) is 0. The van der Waals surface area contributed by atoms with E-state index in [1.165, 1.54) is 5.56 Å². The number of rotatable bonds is 2. The Balaban J connectivity index is 2.13. The van der Waals surface area contributed by atoms with Crippen molar-refractivity contribution in [1.82, 2.24) is 0 Å². The minimum atomic E-state index is -0.556. The van der Waals surface area contributed by atoms with Crippen LogP contribution in [0.15, 0.2) is 30.5 Å². The van der Waals surface area contributed by atoms with E-state index in [9.17, 15) is 0 Å². The van der Waals surface area contributed by atoms with Gasteiger partial charge in [0.15, 0.2) is 11.7 Å². The summed E-state index contributed by atoms with van der Waals surface area (Å²) in [6.07, 6.45) is 4.92. The van der Waals surface area contributed by atoms with Crippen LogP contribution in [0.3, 0.4) is 0 Å². The Kier molecular flexibility index (Phi) is 4.09. The van der Waals surface area contributed by atoms with Crippen LogP contribution in [0.4, 0.5) is 8.78 Å². The molecule has 2 atom stereocenters. The lowest BCUT2D eigenvalue weighted by atomic mass is 9.64. The van der Waals surface area contributed by atoms with Crippen molar-refractivity contribution in [2.24, 2.45) is 0 Å². The Labute approximate surface area is 184 Å². The minimum Gasteiger partial charge on any atom is -0.207 e. The number of benzene rings is 2. The molecule has 0 saturated carbocycles. The summed E-state index contributed by atoms with van der Waals surface area (Å²) in [6, 6.07) is 7.53. The summed E-state index contributed by atoms with van der Waals surface area (Å²) in [4.78, 5) is 0. The molecule has 1 aromatic heterocycles. The standard InChI is InChI=1S/C28H32F2N/c1-8-27(6)15-28(7,9-2)31-13-12-17-21-19(14-16(3)24(17)30)26(4,5)23-20(29)11-10-18(27)22(23)25(21)31/h10-14H,8-9,15H2,1-7H3/q+1. The third kappa shape index (κ3) is 2.38. The van der Waals surface area contributed by atoms with E-state index in [4.69, 9.17) is 0 Å². The van der Waals surface area contributed by atoms with Gasteiger partial charge in [0.1, 0.15) is 11.6 Å². The number of halogens is 2. The molecule has 0 saturated heterocycles. The molecule has 162 valence electrons. The minimum absolute atomic E-state index is 0.0995. The highest BCUT2D eigenvalue weighted by molar-refractivity contribution is 6.01. The summed E-state index contributed by atoms with van der Waals surface area (Å²) in [5, 5.41) is 1.60. The number of hydrogen-bond acceptors (Lipinski definition) is 0. The second kappa shape index (κ2) is 6.15. The SMILES string of the molecule is CCC1(C)CC(C)(CC)[n+]2ccc3c(F)c(C)cc4c3c2-c2c1ccc(F)c2C4(C)C. The zero-order valence-electron chi connectivity index (χ0n) is 19.7. The number of hydrogen-bond donors (Lipinski definition) is 0. The Morgan fingerprint density at radius 3 is 2.32 bits per heavy atom. The summed E-state index contributed by atoms with van der Waals surface area (Å²) < 4.78 is 33.4. The van der Waals surface area contributed by atoms with Gasteiger partial charge in [-0.2, -0.15) is 4.57 Å². The Morgan fingerprint density at radius 1 is 0.968 bits per heavy atom. The van der Waals surface area contributed by atoms with E-state index in [2.05, 4.69) is 46.1 Å². The molecule has 31 heavy (non-hydrogen) atoms. The van der Waals surface area contributed by atoms with Gasteiger partial charge in [-0.25, -0.2) is 8.78 Å². The molecule has 0 fully saturated rings. The Hall–Kier alpha value is -2.29. The molecule has 5 rings (SSSR count). The van der Waals surface area contributed by atoms with Gasteiger partial charge in [0, 0.05) is 42.2 Å². The van der Waals surface area contributed by atoms with Crippen molar-refractivity contribution in [3.05, 3.63) is 64.4 Å². The van der Waals surface area contributed by atoms with Gasteiger partial charge in [-0.1, -0.05) is 46.8 Å². The molecule has 2 aromatic carbocycles. The molecule has 0 amide bonds. The molecule has 2 heterocycles. The molecule has 0 bridgehead atoms. The second-order valence-electron chi connectivity index (χ2n) is 10.8. The zero-order valence-corrected chi connectivity index (χ0v) is 19.7. The molecule has 0 spiro atoms. The maximum Gasteiger partial charge on any atom is 0.221 e. The molecule has 3 aromatic rings. The smallest absolute Gasteiger partial charge is 0.207 e. The monoisotopic (exact) mass is 420 g/mol. The van der Waals surface area contributed by atoms with Crippen LogP contribution in [0.1, 0.15) is 83.1 Å². The first-order valence-electron chi connectivity index (χ1n) is 11.5. The summed E-state index contributed by atoms with van der Waals surface area (Å²) in [6.45, 7) is 15.1. The fraction of sp³-hybridized carbons (Fsp3) is 0.464. The molecule has 0 N–H and O–H groups in total. The molecule has 1 aliphatic carbocycles. The van der Waals surface area contributed by atoms with Gasteiger partial charge in [-0.15, -0.1) is 0 Å². The van der Waals surface area contributed by atoms with Gasteiger partial charge in [0.25, 0.3) is 0 Å². The number of aromatic nitrogens is 1. The first-order valence-corrected chi connectivity index (χ1v) is 11.5. The van der Waals surface area contributed by atoms with E-state index in [0.29, 0.717) is 10.9 Å². The fourth-order valence-corrected chi connectivity index (χ4v) is 6.47. The first-order chi connectivity index (χ1) is 14.5. The molecule has 3 heteroatoms. The summed E-state index contributed by atoms with van der Waals surface area (Å²) >= 11 is 0. The first kappa shape index (κ1) is 20.6. The van der Waals surface area contributed by atoms with Crippen molar-refractivity contribution in [3.8, 4) is 11.3 Å². The van der Waals surface area contributed by atoms with Gasteiger partial charge in [-0.3, -0.25) is 0 Å².